The summed E-state index contributed by atoms with van der Waals surface area (Å²) in [7, 11) is 2.91. The molecule has 0 radical (unpaired) electrons. The molecule has 0 heterocycles. The summed E-state index contributed by atoms with van der Waals surface area (Å²) in [6.07, 6.45) is 0. The van der Waals surface area contributed by atoms with E-state index in [1.54, 1.807) is 0 Å². The number of benzene rings is 1. The zero-order valence-electron chi connectivity index (χ0n) is 7.33. The molecule has 0 bridgehead atoms. The van der Waals surface area contributed by atoms with E-state index < -0.39 is 5.82 Å². The fourth-order valence-corrected chi connectivity index (χ4v) is 3.59. The Morgan fingerprint density at radius 1 is 0.857 bits per heavy atom. The maximum Gasteiger partial charge on any atom is 0.159 e. The van der Waals surface area contributed by atoms with Gasteiger partial charge in [-0.25, -0.2) is 4.39 Å². The van der Waals surface area contributed by atoms with Crippen molar-refractivity contribution in [3.8, 4) is 11.5 Å². The van der Waals surface area contributed by atoms with Gasteiger partial charge in [0.2, 0.25) is 0 Å². The average molecular weight is 393 g/mol. The van der Waals surface area contributed by atoms with Crippen LogP contribution in [0.5, 0.6) is 11.5 Å². The second-order valence-electron chi connectivity index (χ2n) is 2.32. The van der Waals surface area contributed by atoms with Gasteiger partial charge >= 0.3 is 0 Å². The van der Waals surface area contributed by atoms with E-state index in [1.165, 1.54) is 14.2 Å². The molecule has 2 nitrogen and oxygen atoms in total. The number of hydrogen-bond acceptors (Lipinski definition) is 2. The minimum absolute atomic E-state index is 0.250. The first-order valence-corrected chi connectivity index (χ1v) is 5.86. The van der Waals surface area contributed by atoms with Crippen LogP contribution in [-0.4, -0.2) is 14.2 Å². The number of rotatable bonds is 2. The lowest BCUT2D eigenvalue weighted by molar-refractivity contribution is 0.378. The van der Waals surface area contributed by atoms with Gasteiger partial charge in [0.1, 0.15) is 4.47 Å². The van der Waals surface area contributed by atoms with Crippen LogP contribution < -0.4 is 9.47 Å². The van der Waals surface area contributed by atoms with E-state index in [2.05, 4.69) is 47.8 Å². The minimum Gasteiger partial charge on any atom is -0.494 e. The SMILES string of the molecule is COc1c(Br)c(F)c(Br)c(OC)c1Br. The number of ether oxygens (including phenoxy) is 2. The molecule has 0 fully saturated rings. The van der Waals surface area contributed by atoms with Gasteiger partial charge in [-0.15, -0.1) is 0 Å². The van der Waals surface area contributed by atoms with Crippen molar-refractivity contribution in [2.45, 2.75) is 0 Å². The smallest absolute Gasteiger partial charge is 0.159 e. The third kappa shape index (κ3) is 1.92. The van der Waals surface area contributed by atoms with E-state index in [-0.39, 0.29) is 8.95 Å². The highest BCUT2D eigenvalue weighted by Crippen LogP contribution is 2.46. The topological polar surface area (TPSA) is 18.5 Å². The van der Waals surface area contributed by atoms with Crippen LogP contribution >= 0.6 is 47.8 Å². The molecule has 0 atom stereocenters. The molecule has 1 aromatic rings. The molecule has 0 unspecified atom stereocenters. The van der Waals surface area contributed by atoms with Crippen molar-refractivity contribution in [1.29, 1.82) is 0 Å². The highest BCUT2D eigenvalue weighted by Gasteiger charge is 2.21. The van der Waals surface area contributed by atoms with Crippen LogP contribution in [0.15, 0.2) is 13.4 Å². The summed E-state index contributed by atoms with van der Waals surface area (Å²) < 4.78 is 24.6. The monoisotopic (exact) mass is 390 g/mol. The van der Waals surface area contributed by atoms with Gasteiger partial charge < -0.3 is 9.47 Å². The van der Waals surface area contributed by atoms with Crippen molar-refractivity contribution in [2.24, 2.45) is 0 Å². The lowest BCUT2D eigenvalue weighted by Gasteiger charge is -2.13. The molecular formula is C8H6Br3FO2. The zero-order chi connectivity index (χ0) is 10.9. The molecule has 0 aromatic heterocycles. The molecule has 0 aliphatic rings. The maximum atomic E-state index is 13.5. The van der Waals surface area contributed by atoms with Crippen LogP contribution in [-0.2, 0) is 0 Å². The summed E-state index contributed by atoms with van der Waals surface area (Å²) in [6, 6.07) is 0. The third-order valence-corrected chi connectivity index (χ3v) is 3.73. The highest BCUT2D eigenvalue weighted by atomic mass is 79.9. The van der Waals surface area contributed by atoms with Crippen LogP contribution in [0, 0.1) is 5.82 Å². The van der Waals surface area contributed by atoms with Crippen molar-refractivity contribution in [3.05, 3.63) is 19.2 Å². The number of halogens is 4. The van der Waals surface area contributed by atoms with E-state index in [1.807, 2.05) is 0 Å². The Kier molecular flexibility index (Phi) is 4.21. The Morgan fingerprint density at radius 3 is 1.50 bits per heavy atom. The molecule has 0 aliphatic heterocycles. The molecule has 1 aromatic carbocycles. The Morgan fingerprint density at radius 2 is 1.21 bits per heavy atom. The van der Waals surface area contributed by atoms with E-state index in [9.17, 15) is 4.39 Å². The van der Waals surface area contributed by atoms with Crippen LogP contribution in [0.4, 0.5) is 4.39 Å². The summed E-state index contributed by atoms with van der Waals surface area (Å²) in [5.74, 6) is 0.270. The summed E-state index contributed by atoms with van der Waals surface area (Å²) in [6.45, 7) is 0. The van der Waals surface area contributed by atoms with Crippen molar-refractivity contribution >= 4 is 47.8 Å². The van der Waals surface area contributed by atoms with E-state index in [0.717, 1.165) is 0 Å². The van der Waals surface area contributed by atoms with Crippen molar-refractivity contribution in [3.63, 3.8) is 0 Å². The first-order valence-electron chi connectivity index (χ1n) is 3.48. The molecule has 1 rings (SSSR count). The standard InChI is InChI=1S/C8H6Br3FO2/c1-13-7-3(9)6(12)4(10)8(14-2)5(7)11/h1-2H3. The lowest BCUT2D eigenvalue weighted by Crippen LogP contribution is -1.95. The Labute approximate surface area is 106 Å². The van der Waals surface area contributed by atoms with Crippen LogP contribution in [0.1, 0.15) is 0 Å². The predicted octanol–water partition coefficient (Wildman–Crippen LogP) is 4.13. The zero-order valence-corrected chi connectivity index (χ0v) is 12.1. The molecule has 0 saturated heterocycles. The molecule has 0 aliphatic carbocycles. The molecule has 14 heavy (non-hydrogen) atoms. The first kappa shape index (κ1) is 12.3. The van der Waals surface area contributed by atoms with Gasteiger partial charge in [0.25, 0.3) is 0 Å². The third-order valence-electron chi connectivity index (χ3n) is 1.59. The van der Waals surface area contributed by atoms with Gasteiger partial charge in [-0.2, -0.15) is 0 Å². The van der Waals surface area contributed by atoms with Gasteiger partial charge in [0.15, 0.2) is 17.3 Å². The molecule has 0 amide bonds. The Bertz CT molecular complexity index is 337. The molecule has 6 heteroatoms. The van der Waals surface area contributed by atoms with Gasteiger partial charge in [-0.1, -0.05) is 0 Å². The molecular weight excluding hydrogens is 387 g/mol. The fourth-order valence-electron chi connectivity index (χ4n) is 0.950. The highest BCUT2D eigenvalue weighted by molar-refractivity contribution is 9.11. The molecule has 0 spiro atoms. The van der Waals surface area contributed by atoms with E-state index in [4.69, 9.17) is 9.47 Å². The molecule has 78 valence electrons. The quantitative estimate of drug-likeness (QED) is 0.556. The average Bonchev–Trinajstić information content (AvgIpc) is 2.16. The van der Waals surface area contributed by atoms with Gasteiger partial charge in [0, 0.05) is 0 Å². The summed E-state index contributed by atoms with van der Waals surface area (Å²) >= 11 is 9.44. The van der Waals surface area contributed by atoms with Crippen molar-refractivity contribution < 1.29 is 13.9 Å². The summed E-state index contributed by atoms with van der Waals surface area (Å²) in [4.78, 5) is 0. The Balaban J connectivity index is 3.56. The molecule has 0 N–H and O–H groups in total. The first-order chi connectivity index (χ1) is 6.54. The summed E-state index contributed by atoms with van der Waals surface area (Å²) in [5, 5.41) is 0. The van der Waals surface area contributed by atoms with Crippen LogP contribution in [0.2, 0.25) is 0 Å². The van der Waals surface area contributed by atoms with E-state index in [0.29, 0.717) is 16.0 Å². The van der Waals surface area contributed by atoms with E-state index >= 15 is 0 Å². The van der Waals surface area contributed by atoms with Gasteiger partial charge in [-0.3, -0.25) is 0 Å². The lowest BCUT2D eigenvalue weighted by atomic mass is 10.3. The number of hydrogen-bond donors (Lipinski definition) is 0. The predicted molar refractivity (Wildman–Crippen MR) is 62.6 cm³/mol. The second-order valence-corrected chi connectivity index (χ2v) is 4.70. The van der Waals surface area contributed by atoms with Gasteiger partial charge in [0.05, 0.1) is 23.2 Å². The summed E-state index contributed by atoms with van der Waals surface area (Å²) in [5.41, 5.74) is 0. The van der Waals surface area contributed by atoms with Crippen LogP contribution in [0.3, 0.4) is 0 Å². The Hall–Kier alpha value is 0.190. The fraction of sp³-hybridized carbons (Fsp3) is 0.250. The largest absolute Gasteiger partial charge is 0.494 e. The van der Waals surface area contributed by atoms with Gasteiger partial charge in [-0.05, 0) is 47.8 Å². The minimum atomic E-state index is -0.457. The maximum absolute atomic E-state index is 13.5. The normalized spacial score (nSPS) is 10.1. The number of methoxy groups -OCH3 is 2. The molecule has 0 saturated carbocycles. The van der Waals surface area contributed by atoms with Crippen molar-refractivity contribution in [2.75, 3.05) is 14.2 Å². The second kappa shape index (κ2) is 4.81. The van der Waals surface area contributed by atoms with Crippen LogP contribution in [0.25, 0.3) is 0 Å². The van der Waals surface area contributed by atoms with Crippen molar-refractivity contribution in [1.82, 2.24) is 0 Å².